The van der Waals surface area contributed by atoms with Crippen molar-refractivity contribution in [3.05, 3.63) is 0 Å². The average molecular weight is 435 g/mol. The molecule has 0 amide bonds. The first-order valence-corrected chi connectivity index (χ1v) is 14.0. The van der Waals surface area contributed by atoms with Crippen LogP contribution in [-0.4, -0.2) is 23.0 Å². The molecule has 1 unspecified atom stereocenters. The lowest BCUT2D eigenvalue weighted by molar-refractivity contribution is 0.0886. The molecule has 0 aromatic heterocycles. The van der Waals surface area contributed by atoms with Crippen LogP contribution in [0.2, 0.25) is 0 Å². The van der Waals surface area contributed by atoms with Crippen LogP contribution < -0.4 is 0 Å². The van der Waals surface area contributed by atoms with Gasteiger partial charge < -0.3 is 5.11 Å². The van der Waals surface area contributed by atoms with Crippen LogP contribution in [0, 0.1) is 0 Å². The van der Waals surface area contributed by atoms with Crippen molar-refractivity contribution in [2.75, 3.05) is 0 Å². The van der Waals surface area contributed by atoms with Crippen LogP contribution in [0.5, 0.6) is 0 Å². The highest BCUT2D eigenvalue weighted by Crippen LogP contribution is 2.27. The largest absolute Gasteiger partial charge is 0.372 e. The van der Waals surface area contributed by atoms with Crippen molar-refractivity contribution in [2.24, 2.45) is 0 Å². The Morgan fingerprint density at radius 3 is 1.07 bits per heavy atom. The van der Waals surface area contributed by atoms with E-state index in [1.165, 1.54) is 83.5 Å². The van der Waals surface area contributed by atoms with Gasteiger partial charge in [0.1, 0.15) is 0 Å². The Bertz CT molecular complexity index is 450. The topological polar surface area (TPSA) is 74.6 Å². The molecular formula is C24H50O4S. The molecule has 0 aliphatic rings. The van der Waals surface area contributed by atoms with E-state index in [0.29, 0.717) is 12.8 Å². The molecular weight excluding hydrogens is 384 g/mol. The van der Waals surface area contributed by atoms with Crippen LogP contribution in [0.3, 0.4) is 0 Å². The van der Waals surface area contributed by atoms with Gasteiger partial charge in [-0.2, -0.15) is 8.42 Å². The van der Waals surface area contributed by atoms with Crippen LogP contribution in [-0.2, 0) is 10.1 Å². The van der Waals surface area contributed by atoms with Gasteiger partial charge in [-0.25, -0.2) is 0 Å². The van der Waals surface area contributed by atoms with Crippen molar-refractivity contribution in [1.82, 2.24) is 0 Å². The summed E-state index contributed by atoms with van der Waals surface area (Å²) in [5, 5.41) is 10.4. The molecule has 0 rings (SSSR count). The second-order valence-electron chi connectivity index (χ2n) is 8.93. The number of rotatable bonds is 22. The number of unbranched alkanes of at least 4 members (excludes halogenated alkanes) is 17. The Hall–Kier alpha value is -0.130. The van der Waals surface area contributed by atoms with Crippen LogP contribution in [0.25, 0.3) is 0 Å². The van der Waals surface area contributed by atoms with Gasteiger partial charge in [0.2, 0.25) is 0 Å². The van der Waals surface area contributed by atoms with Gasteiger partial charge in [-0.05, 0) is 25.7 Å². The number of aliphatic hydroxyl groups is 1. The molecule has 0 aliphatic carbocycles. The molecule has 0 aromatic rings. The minimum absolute atomic E-state index is 0.137. The summed E-state index contributed by atoms with van der Waals surface area (Å²) in [6, 6.07) is 0. The zero-order valence-electron chi connectivity index (χ0n) is 19.5. The van der Waals surface area contributed by atoms with E-state index in [1.807, 2.05) is 6.92 Å². The highest BCUT2D eigenvalue weighted by atomic mass is 32.2. The highest BCUT2D eigenvalue weighted by Gasteiger charge is 2.39. The van der Waals surface area contributed by atoms with Gasteiger partial charge in [0.15, 0.2) is 4.93 Å². The Morgan fingerprint density at radius 1 is 0.517 bits per heavy atom. The van der Waals surface area contributed by atoms with Crippen molar-refractivity contribution in [3.8, 4) is 0 Å². The predicted molar refractivity (Wildman–Crippen MR) is 125 cm³/mol. The third kappa shape index (κ3) is 16.3. The lowest BCUT2D eigenvalue weighted by atomic mass is 10.0. The molecule has 0 heterocycles. The zero-order chi connectivity index (χ0) is 21.8. The van der Waals surface area contributed by atoms with Crippen molar-refractivity contribution < 1.29 is 18.1 Å². The van der Waals surface area contributed by atoms with Crippen LogP contribution in [0.15, 0.2) is 0 Å². The van der Waals surface area contributed by atoms with Crippen molar-refractivity contribution >= 4 is 10.1 Å². The van der Waals surface area contributed by atoms with E-state index >= 15 is 0 Å². The number of hydrogen-bond donors (Lipinski definition) is 2. The smallest absolute Gasteiger partial charge is 0.294 e. The Balaban J connectivity index is 3.55. The van der Waals surface area contributed by atoms with E-state index in [4.69, 9.17) is 0 Å². The first kappa shape index (κ1) is 28.9. The maximum absolute atomic E-state index is 11.5. The molecule has 0 spiro atoms. The summed E-state index contributed by atoms with van der Waals surface area (Å²) in [5.74, 6) is 0. The highest BCUT2D eigenvalue weighted by molar-refractivity contribution is 7.87. The van der Waals surface area contributed by atoms with Gasteiger partial charge in [-0.1, -0.05) is 123 Å². The van der Waals surface area contributed by atoms with E-state index in [-0.39, 0.29) is 12.8 Å². The normalized spacial score (nSPS) is 14.2. The van der Waals surface area contributed by atoms with Crippen molar-refractivity contribution in [1.29, 1.82) is 0 Å². The first-order chi connectivity index (χ1) is 13.9. The van der Waals surface area contributed by atoms with Gasteiger partial charge >= 0.3 is 0 Å². The summed E-state index contributed by atoms with van der Waals surface area (Å²) < 4.78 is 32.5. The first-order valence-electron chi connectivity index (χ1n) is 12.6. The molecule has 1 atom stereocenters. The van der Waals surface area contributed by atoms with Crippen LogP contribution in [0.1, 0.15) is 149 Å². The maximum Gasteiger partial charge on any atom is 0.294 e. The van der Waals surface area contributed by atoms with Gasteiger partial charge in [-0.3, -0.25) is 4.55 Å². The molecule has 0 radical (unpaired) electrons. The van der Waals surface area contributed by atoms with E-state index in [2.05, 4.69) is 6.92 Å². The van der Waals surface area contributed by atoms with E-state index < -0.39 is 15.1 Å². The molecule has 2 N–H and O–H groups in total. The molecule has 176 valence electrons. The van der Waals surface area contributed by atoms with Crippen LogP contribution >= 0.6 is 0 Å². The minimum atomic E-state index is -4.41. The lowest BCUT2D eigenvalue weighted by Crippen LogP contribution is -2.38. The molecule has 0 aliphatic heterocycles. The standard InChI is InChI=1S/C24H50O4S/c1-3-5-7-8-9-10-11-12-13-14-15-16-17-18-19-21-23-24(25,29(26,27)28)22-20-6-4-2/h25H,3-23H2,1-2H3,(H,26,27,28). The van der Waals surface area contributed by atoms with Gasteiger partial charge in [0.25, 0.3) is 10.1 Å². The summed E-state index contributed by atoms with van der Waals surface area (Å²) in [6.07, 6.45) is 22.9. The Labute approximate surface area is 182 Å². The molecule has 0 aromatic carbocycles. The molecule has 0 saturated carbocycles. The Morgan fingerprint density at radius 2 is 0.759 bits per heavy atom. The lowest BCUT2D eigenvalue weighted by Gasteiger charge is -2.24. The van der Waals surface area contributed by atoms with E-state index in [1.54, 1.807) is 0 Å². The predicted octanol–water partition coefficient (Wildman–Crippen LogP) is 7.79. The van der Waals surface area contributed by atoms with Crippen LogP contribution in [0.4, 0.5) is 0 Å². The summed E-state index contributed by atoms with van der Waals surface area (Å²) in [6.45, 7) is 4.29. The minimum Gasteiger partial charge on any atom is -0.372 e. The summed E-state index contributed by atoms with van der Waals surface area (Å²) in [4.78, 5) is -1.95. The van der Waals surface area contributed by atoms with E-state index in [0.717, 1.165) is 25.7 Å². The summed E-state index contributed by atoms with van der Waals surface area (Å²) >= 11 is 0. The second-order valence-corrected chi connectivity index (χ2v) is 10.6. The maximum atomic E-state index is 11.5. The third-order valence-electron chi connectivity index (χ3n) is 6.07. The Kier molecular flexibility index (Phi) is 18.5. The van der Waals surface area contributed by atoms with E-state index in [9.17, 15) is 18.1 Å². The zero-order valence-corrected chi connectivity index (χ0v) is 20.3. The fourth-order valence-corrected chi connectivity index (χ4v) is 4.79. The number of hydrogen-bond acceptors (Lipinski definition) is 3. The molecule has 0 fully saturated rings. The fraction of sp³-hybridized carbons (Fsp3) is 1.00. The van der Waals surface area contributed by atoms with Crippen molar-refractivity contribution in [3.63, 3.8) is 0 Å². The molecule has 0 bridgehead atoms. The fourth-order valence-electron chi connectivity index (χ4n) is 3.98. The molecule has 29 heavy (non-hydrogen) atoms. The third-order valence-corrected chi connectivity index (χ3v) is 7.44. The molecule has 5 heteroatoms. The van der Waals surface area contributed by atoms with Gasteiger partial charge in [-0.15, -0.1) is 0 Å². The molecule has 0 saturated heterocycles. The summed E-state index contributed by atoms with van der Waals surface area (Å²) in [7, 11) is -4.41. The molecule has 4 nitrogen and oxygen atoms in total. The van der Waals surface area contributed by atoms with Crippen molar-refractivity contribution in [2.45, 2.75) is 154 Å². The average Bonchev–Trinajstić information content (AvgIpc) is 2.67. The quantitative estimate of drug-likeness (QED) is 0.135. The second kappa shape index (κ2) is 18.6. The van der Waals surface area contributed by atoms with Gasteiger partial charge in [0.05, 0.1) is 0 Å². The monoisotopic (exact) mass is 434 g/mol. The summed E-state index contributed by atoms with van der Waals surface area (Å²) in [5.41, 5.74) is 0. The SMILES string of the molecule is CCCCCCCCCCCCCCCCCCC(O)(CCCCC)S(=O)(=O)O. The van der Waals surface area contributed by atoms with Gasteiger partial charge in [0, 0.05) is 0 Å².